The number of hydrogen-bond donors (Lipinski definition) is 1. The van der Waals surface area contributed by atoms with Gasteiger partial charge >= 0.3 is 11.7 Å². The van der Waals surface area contributed by atoms with Crippen LogP contribution in [0.2, 0.25) is 0 Å². The van der Waals surface area contributed by atoms with Gasteiger partial charge in [0.1, 0.15) is 11.9 Å². The van der Waals surface area contributed by atoms with Crippen LogP contribution >= 0.6 is 0 Å². The van der Waals surface area contributed by atoms with Crippen LogP contribution in [0.15, 0.2) is 18.5 Å². The molecule has 0 aliphatic carbocycles. The van der Waals surface area contributed by atoms with Crippen LogP contribution in [0, 0.1) is 16.0 Å². The van der Waals surface area contributed by atoms with Crippen molar-refractivity contribution in [3.05, 3.63) is 28.6 Å². The Balaban J connectivity index is 2.05. The number of anilines is 1. The van der Waals surface area contributed by atoms with Crippen LogP contribution in [0.4, 0.5) is 16.2 Å². The molecule has 0 radical (unpaired) electrons. The average molecular weight is 264 g/mol. The first-order valence-corrected chi connectivity index (χ1v) is 6.26. The SMILES string of the molecule is CC[C@@H]1CCN(C(=O)Nc2ccncc2[N+](=O)[O-])C1. The van der Waals surface area contributed by atoms with Crippen molar-refractivity contribution in [2.75, 3.05) is 18.4 Å². The lowest BCUT2D eigenvalue weighted by Crippen LogP contribution is -2.33. The molecular weight excluding hydrogens is 248 g/mol. The highest BCUT2D eigenvalue weighted by atomic mass is 16.6. The minimum absolute atomic E-state index is 0.185. The molecule has 0 spiro atoms. The molecule has 7 nitrogen and oxygen atoms in total. The van der Waals surface area contributed by atoms with Crippen molar-refractivity contribution >= 4 is 17.4 Å². The molecule has 0 saturated carbocycles. The van der Waals surface area contributed by atoms with E-state index in [1.54, 1.807) is 4.90 Å². The summed E-state index contributed by atoms with van der Waals surface area (Å²) in [5.74, 6) is 0.526. The van der Waals surface area contributed by atoms with Gasteiger partial charge in [-0.05, 0) is 18.4 Å². The summed E-state index contributed by atoms with van der Waals surface area (Å²) in [5, 5.41) is 13.4. The first-order valence-electron chi connectivity index (χ1n) is 6.26. The number of nitrogens with zero attached hydrogens (tertiary/aromatic N) is 3. The molecule has 1 saturated heterocycles. The largest absolute Gasteiger partial charge is 0.324 e. The smallest absolute Gasteiger partial charge is 0.322 e. The molecule has 1 atom stereocenters. The zero-order valence-corrected chi connectivity index (χ0v) is 10.7. The van der Waals surface area contributed by atoms with Gasteiger partial charge in [-0.25, -0.2) is 4.79 Å². The van der Waals surface area contributed by atoms with Gasteiger partial charge in [0.25, 0.3) is 0 Å². The van der Waals surface area contributed by atoms with Gasteiger partial charge in [0.15, 0.2) is 0 Å². The van der Waals surface area contributed by atoms with Gasteiger partial charge in [-0.3, -0.25) is 15.1 Å². The Labute approximate surface area is 110 Å². The summed E-state index contributed by atoms with van der Waals surface area (Å²) in [6.45, 7) is 3.50. The third-order valence-corrected chi connectivity index (χ3v) is 3.39. The van der Waals surface area contributed by atoms with E-state index >= 15 is 0 Å². The molecule has 102 valence electrons. The fourth-order valence-electron chi connectivity index (χ4n) is 2.18. The summed E-state index contributed by atoms with van der Waals surface area (Å²) < 4.78 is 0. The molecule has 1 aliphatic heterocycles. The van der Waals surface area contributed by atoms with Gasteiger partial charge in [-0.2, -0.15) is 0 Å². The number of rotatable bonds is 3. The second kappa shape index (κ2) is 5.64. The quantitative estimate of drug-likeness (QED) is 0.669. The summed E-state index contributed by atoms with van der Waals surface area (Å²) in [7, 11) is 0. The Hall–Kier alpha value is -2.18. The molecule has 0 unspecified atom stereocenters. The van der Waals surface area contributed by atoms with E-state index in [0.717, 1.165) is 19.0 Å². The fraction of sp³-hybridized carbons (Fsp3) is 0.500. The van der Waals surface area contributed by atoms with E-state index in [1.807, 2.05) is 0 Å². The van der Waals surface area contributed by atoms with Gasteiger partial charge in [0, 0.05) is 19.3 Å². The number of hydrogen-bond acceptors (Lipinski definition) is 4. The van der Waals surface area contributed by atoms with Crippen molar-refractivity contribution in [1.82, 2.24) is 9.88 Å². The highest BCUT2D eigenvalue weighted by Gasteiger charge is 2.26. The normalized spacial score (nSPS) is 18.4. The predicted octanol–water partition coefficient (Wildman–Crippen LogP) is 2.25. The van der Waals surface area contributed by atoms with Crippen LogP contribution < -0.4 is 5.32 Å². The molecule has 1 aromatic heterocycles. The molecule has 0 aromatic carbocycles. The Morgan fingerprint density at radius 3 is 3.11 bits per heavy atom. The number of amides is 2. The molecule has 19 heavy (non-hydrogen) atoms. The van der Waals surface area contributed by atoms with Crippen LogP contribution in [-0.4, -0.2) is 33.9 Å². The molecule has 7 heteroatoms. The van der Waals surface area contributed by atoms with E-state index in [4.69, 9.17) is 0 Å². The van der Waals surface area contributed by atoms with Gasteiger partial charge in [0.05, 0.1) is 4.92 Å². The van der Waals surface area contributed by atoms with Crippen LogP contribution in [0.5, 0.6) is 0 Å². The molecule has 1 aliphatic rings. The van der Waals surface area contributed by atoms with Crippen molar-refractivity contribution in [1.29, 1.82) is 0 Å². The van der Waals surface area contributed by atoms with Crippen molar-refractivity contribution in [3.63, 3.8) is 0 Å². The summed E-state index contributed by atoms with van der Waals surface area (Å²) in [5.41, 5.74) is -0.00737. The highest BCUT2D eigenvalue weighted by molar-refractivity contribution is 5.91. The molecule has 2 amide bonds. The average Bonchev–Trinajstić information content (AvgIpc) is 2.88. The Morgan fingerprint density at radius 1 is 1.68 bits per heavy atom. The van der Waals surface area contributed by atoms with E-state index < -0.39 is 4.92 Å². The van der Waals surface area contributed by atoms with Gasteiger partial charge < -0.3 is 10.2 Å². The molecule has 1 N–H and O–H groups in total. The summed E-state index contributed by atoms with van der Waals surface area (Å²) in [6.07, 6.45) is 4.58. The number of aromatic nitrogens is 1. The predicted molar refractivity (Wildman–Crippen MR) is 69.9 cm³/mol. The molecule has 1 fully saturated rings. The van der Waals surface area contributed by atoms with Gasteiger partial charge in [-0.1, -0.05) is 13.3 Å². The number of carbonyl (C=O) groups is 1. The van der Waals surface area contributed by atoms with E-state index in [9.17, 15) is 14.9 Å². The Morgan fingerprint density at radius 2 is 2.47 bits per heavy atom. The number of nitro groups is 1. The van der Waals surface area contributed by atoms with Crippen LogP contribution in [-0.2, 0) is 0 Å². The number of carbonyl (C=O) groups excluding carboxylic acids is 1. The highest BCUT2D eigenvalue weighted by Crippen LogP contribution is 2.24. The van der Waals surface area contributed by atoms with E-state index in [-0.39, 0.29) is 17.4 Å². The van der Waals surface area contributed by atoms with E-state index in [2.05, 4.69) is 17.2 Å². The van der Waals surface area contributed by atoms with Crippen molar-refractivity contribution in [3.8, 4) is 0 Å². The molecule has 2 heterocycles. The third kappa shape index (κ3) is 2.98. The summed E-state index contributed by atoms with van der Waals surface area (Å²) >= 11 is 0. The van der Waals surface area contributed by atoms with Crippen molar-refractivity contribution < 1.29 is 9.72 Å². The molecule has 0 bridgehead atoms. The summed E-state index contributed by atoms with van der Waals surface area (Å²) in [6, 6.07) is 1.15. The van der Waals surface area contributed by atoms with Crippen molar-refractivity contribution in [2.45, 2.75) is 19.8 Å². The third-order valence-electron chi connectivity index (χ3n) is 3.39. The fourth-order valence-corrected chi connectivity index (χ4v) is 2.18. The first kappa shape index (κ1) is 13.3. The van der Waals surface area contributed by atoms with E-state index in [0.29, 0.717) is 19.0 Å². The van der Waals surface area contributed by atoms with Crippen LogP contribution in [0.3, 0.4) is 0 Å². The lowest BCUT2D eigenvalue weighted by molar-refractivity contribution is -0.384. The van der Waals surface area contributed by atoms with Crippen molar-refractivity contribution in [2.24, 2.45) is 5.92 Å². The lowest BCUT2D eigenvalue weighted by Gasteiger charge is -2.17. The van der Waals surface area contributed by atoms with E-state index in [1.165, 1.54) is 12.3 Å². The second-order valence-corrected chi connectivity index (χ2v) is 4.59. The molecule has 2 rings (SSSR count). The standard InChI is InChI=1S/C12H16N4O3/c1-2-9-4-6-15(8-9)12(17)14-10-3-5-13-7-11(10)16(18)19/h3,5,7,9H,2,4,6,8H2,1H3,(H,13,14,17)/t9-/m1/s1. The number of nitrogens with one attached hydrogen (secondary N) is 1. The lowest BCUT2D eigenvalue weighted by atomic mass is 10.1. The Kier molecular flexibility index (Phi) is 3.94. The molecular formula is C12H16N4O3. The zero-order valence-electron chi connectivity index (χ0n) is 10.7. The minimum Gasteiger partial charge on any atom is -0.324 e. The maximum absolute atomic E-state index is 12.0. The second-order valence-electron chi connectivity index (χ2n) is 4.59. The minimum atomic E-state index is -0.554. The topological polar surface area (TPSA) is 88.4 Å². The van der Waals surface area contributed by atoms with Gasteiger partial charge in [0.2, 0.25) is 0 Å². The monoisotopic (exact) mass is 264 g/mol. The van der Waals surface area contributed by atoms with Gasteiger partial charge in [-0.15, -0.1) is 0 Å². The maximum atomic E-state index is 12.0. The zero-order chi connectivity index (χ0) is 13.8. The maximum Gasteiger partial charge on any atom is 0.322 e. The Bertz CT molecular complexity index is 492. The first-order chi connectivity index (χ1) is 9.11. The number of urea groups is 1. The van der Waals surface area contributed by atoms with Crippen LogP contribution in [0.25, 0.3) is 0 Å². The number of likely N-dealkylation sites (tertiary alicyclic amines) is 1. The number of pyridine rings is 1. The summed E-state index contributed by atoms with van der Waals surface area (Å²) in [4.78, 5) is 27.7. The van der Waals surface area contributed by atoms with Crippen LogP contribution in [0.1, 0.15) is 19.8 Å². The molecule has 1 aromatic rings.